The molecule has 1 N–H and O–H groups in total. The zero-order chi connectivity index (χ0) is 10.7. The molecule has 0 radical (unpaired) electrons. The van der Waals surface area contributed by atoms with Gasteiger partial charge < -0.3 is 4.74 Å². The molecule has 78 valence electrons. The standard InChI is InChI=1S/C9H7Cl2N3O/c10-8-6-9(13-14(11)12-8)15-7-4-2-1-3-5-7/h1-6,12H. The second-order valence-electron chi connectivity index (χ2n) is 2.72. The Morgan fingerprint density at radius 2 is 2.00 bits per heavy atom. The summed E-state index contributed by atoms with van der Waals surface area (Å²) >= 11 is 11.3. The first kappa shape index (κ1) is 10.1. The Bertz CT molecular complexity index is 405. The summed E-state index contributed by atoms with van der Waals surface area (Å²) in [6, 6.07) is 9.24. The SMILES string of the molecule is ClC1=CC(Oc2ccccc2)=NN(Cl)N1. The van der Waals surface area contributed by atoms with Crippen molar-refractivity contribution < 1.29 is 4.74 Å². The highest BCUT2D eigenvalue weighted by atomic mass is 35.5. The van der Waals surface area contributed by atoms with Crippen LogP contribution in [0.2, 0.25) is 0 Å². The number of hydrazine groups is 1. The molecule has 1 aromatic carbocycles. The maximum absolute atomic E-state index is 5.74. The molecule has 0 amide bonds. The van der Waals surface area contributed by atoms with E-state index in [0.717, 1.165) is 4.64 Å². The summed E-state index contributed by atoms with van der Waals surface area (Å²) in [6.07, 6.45) is 1.54. The van der Waals surface area contributed by atoms with Crippen LogP contribution < -0.4 is 10.2 Å². The van der Waals surface area contributed by atoms with Crippen molar-refractivity contribution in [1.82, 2.24) is 10.1 Å². The van der Waals surface area contributed by atoms with E-state index in [1.54, 1.807) is 0 Å². The van der Waals surface area contributed by atoms with Crippen LogP contribution in [0.5, 0.6) is 5.75 Å². The van der Waals surface area contributed by atoms with E-state index in [1.807, 2.05) is 30.3 Å². The minimum atomic E-state index is 0.319. The van der Waals surface area contributed by atoms with Crippen LogP contribution in [-0.4, -0.2) is 10.5 Å². The summed E-state index contributed by atoms with van der Waals surface area (Å²) in [7, 11) is 0. The van der Waals surface area contributed by atoms with Gasteiger partial charge in [0, 0.05) is 6.08 Å². The largest absolute Gasteiger partial charge is 0.437 e. The number of rotatable bonds is 1. The molecule has 4 nitrogen and oxygen atoms in total. The van der Waals surface area contributed by atoms with Crippen LogP contribution in [0, 0.1) is 0 Å². The summed E-state index contributed by atoms with van der Waals surface area (Å²) in [4.78, 5) is 0. The van der Waals surface area contributed by atoms with E-state index >= 15 is 0 Å². The normalized spacial score (nSPS) is 15.2. The molecule has 6 heteroatoms. The predicted octanol–water partition coefficient (Wildman–Crippen LogP) is 2.43. The van der Waals surface area contributed by atoms with Gasteiger partial charge in [0.05, 0.1) is 11.8 Å². The monoisotopic (exact) mass is 243 g/mol. The zero-order valence-corrected chi connectivity index (χ0v) is 9.03. The van der Waals surface area contributed by atoms with Gasteiger partial charge >= 0.3 is 0 Å². The Morgan fingerprint density at radius 1 is 1.27 bits per heavy atom. The zero-order valence-electron chi connectivity index (χ0n) is 7.52. The maximum Gasteiger partial charge on any atom is 0.242 e. The fourth-order valence-electron chi connectivity index (χ4n) is 1.03. The molecular weight excluding hydrogens is 237 g/mol. The summed E-state index contributed by atoms with van der Waals surface area (Å²) in [6.45, 7) is 0. The third-order valence-corrected chi connectivity index (χ3v) is 1.95. The van der Waals surface area contributed by atoms with Crippen molar-refractivity contribution in [1.29, 1.82) is 0 Å². The summed E-state index contributed by atoms with van der Waals surface area (Å²) in [5.74, 6) is 0.990. The molecule has 0 spiro atoms. The molecule has 1 heterocycles. The lowest BCUT2D eigenvalue weighted by atomic mass is 10.3. The van der Waals surface area contributed by atoms with E-state index in [2.05, 4.69) is 10.5 Å². The Hall–Kier alpha value is -1.39. The first-order valence-corrected chi connectivity index (χ1v) is 4.87. The van der Waals surface area contributed by atoms with Crippen molar-refractivity contribution in [3.63, 3.8) is 0 Å². The number of benzene rings is 1. The van der Waals surface area contributed by atoms with E-state index < -0.39 is 0 Å². The Morgan fingerprint density at radius 3 is 2.67 bits per heavy atom. The smallest absolute Gasteiger partial charge is 0.242 e. The fraction of sp³-hybridized carbons (Fsp3) is 0. The molecule has 0 unspecified atom stereocenters. The van der Waals surface area contributed by atoms with Gasteiger partial charge in [-0.15, -0.1) is 9.74 Å². The van der Waals surface area contributed by atoms with Crippen LogP contribution in [0.3, 0.4) is 0 Å². The van der Waals surface area contributed by atoms with Gasteiger partial charge in [-0.05, 0) is 12.1 Å². The lowest BCUT2D eigenvalue weighted by Crippen LogP contribution is -2.29. The van der Waals surface area contributed by atoms with Crippen molar-refractivity contribution in [3.05, 3.63) is 41.6 Å². The molecular formula is C9H7Cl2N3O. The van der Waals surface area contributed by atoms with Gasteiger partial charge in [-0.1, -0.05) is 29.8 Å². The highest BCUT2D eigenvalue weighted by Gasteiger charge is 2.10. The average molecular weight is 244 g/mol. The van der Waals surface area contributed by atoms with Gasteiger partial charge in [-0.25, -0.2) is 0 Å². The quantitative estimate of drug-likeness (QED) is 0.608. The van der Waals surface area contributed by atoms with Gasteiger partial charge in [-0.2, -0.15) is 0 Å². The van der Waals surface area contributed by atoms with Crippen molar-refractivity contribution in [2.24, 2.45) is 5.10 Å². The minimum Gasteiger partial charge on any atom is -0.437 e. The van der Waals surface area contributed by atoms with Crippen molar-refractivity contribution in [2.75, 3.05) is 0 Å². The average Bonchev–Trinajstić information content (AvgIpc) is 2.17. The third kappa shape index (κ3) is 2.78. The number of nitrogens with one attached hydrogen (secondary N) is 1. The fourth-order valence-corrected chi connectivity index (χ4v) is 1.41. The molecule has 0 saturated heterocycles. The first-order chi connectivity index (χ1) is 7.24. The van der Waals surface area contributed by atoms with Crippen LogP contribution in [0.15, 0.2) is 46.7 Å². The van der Waals surface area contributed by atoms with Crippen LogP contribution in [-0.2, 0) is 0 Å². The Labute approximate surface area is 96.8 Å². The second kappa shape index (κ2) is 4.42. The molecule has 0 atom stereocenters. The molecule has 0 fully saturated rings. The van der Waals surface area contributed by atoms with Gasteiger partial charge in [0.15, 0.2) is 0 Å². The topological polar surface area (TPSA) is 36.9 Å². The van der Waals surface area contributed by atoms with Crippen LogP contribution >= 0.6 is 23.4 Å². The number of ether oxygens (including phenoxy) is 1. The summed E-state index contributed by atoms with van der Waals surface area (Å²) in [5, 5.41) is 4.19. The lowest BCUT2D eigenvalue weighted by Gasteiger charge is -2.17. The van der Waals surface area contributed by atoms with Crippen molar-refractivity contribution in [3.8, 4) is 5.75 Å². The number of para-hydroxylation sites is 1. The summed E-state index contributed by atoms with van der Waals surface area (Å²) in [5.41, 5.74) is 2.55. The minimum absolute atomic E-state index is 0.319. The van der Waals surface area contributed by atoms with Gasteiger partial charge in [0.25, 0.3) is 0 Å². The molecule has 0 saturated carbocycles. The van der Waals surface area contributed by atoms with Crippen LogP contribution in [0.4, 0.5) is 0 Å². The lowest BCUT2D eigenvalue weighted by molar-refractivity contribution is 0.384. The maximum atomic E-state index is 5.74. The molecule has 0 aliphatic carbocycles. The molecule has 15 heavy (non-hydrogen) atoms. The van der Waals surface area contributed by atoms with Crippen LogP contribution in [0.1, 0.15) is 0 Å². The molecule has 1 aromatic rings. The van der Waals surface area contributed by atoms with E-state index in [-0.39, 0.29) is 0 Å². The first-order valence-electron chi connectivity index (χ1n) is 4.15. The molecule has 1 aliphatic heterocycles. The van der Waals surface area contributed by atoms with Gasteiger partial charge in [-0.3, -0.25) is 5.43 Å². The second-order valence-corrected chi connectivity index (χ2v) is 3.44. The van der Waals surface area contributed by atoms with Crippen LogP contribution in [0.25, 0.3) is 0 Å². The summed E-state index contributed by atoms with van der Waals surface area (Å²) < 4.78 is 6.38. The number of hydrazone groups is 1. The van der Waals surface area contributed by atoms with Crippen molar-refractivity contribution in [2.45, 2.75) is 0 Å². The van der Waals surface area contributed by atoms with E-state index in [9.17, 15) is 0 Å². The van der Waals surface area contributed by atoms with Gasteiger partial charge in [0.1, 0.15) is 10.9 Å². The number of halogens is 2. The highest BCUT2D eigenvalue weighted by Crippen LogP contribution is 2.13. The van der Waals surface area contributed by atoms with Crippen molar-refractivity contribution >= 4 is 29.3 Å². The molecule has 1 aliphatic rings. The van der Waals surface area contributed by atoms with E-state index in [4.69, 9.17) is 28.1 Å². The Kier molecular flexibility index (Phi) is 2.99. The molecule has 0 aromatic heterocycles. The molecule has 2 rings (SSSR count). The molecule has 0 bridgehead atoms. The number of hydrogen-bond acceptors (Lipinski definition) is 4. The number of nitrogens with zero attached hydrogens (tertiary/aromatic N) is 2. The number of hydrogen-bond donors (Lipinski definition) is 1. The third-order valence-electron chi connectivity index (χ3n) is 1.60. The van der Waals surface area contributed by atoms with E-state index in [1.165, 1.54) is 6.08 Å². The predicted molar refractivity (Wildman–Crippen MR) is 59.3 cm³/mol. The van der Waals surface area contributed by atoms with E-state index in [0.29, 0.717) is 16.8 Å². The highest BCUT2D eigenvalue weighted by molar-refractivity contribution is 6.31. The van der Waals surface area contributed by atoms with Gasteiger partial charge in [0.2, 0.25) is 5.90 Å². The Balaban J connectivity index is 2.13.